The van der Waals surface area contributed by atoms with Gasteiger partial charge in [0.1, 0.15) is 0 Å². The van der Waals surface area contributed by atoms with Gasteiger partial charge in [-0.05, 0) is 36.5 Å². The van der Waals surface area contributed by atoms with Gasteiger partial charge in [0.25, 0.3) is 0 Å². The average molecular weight is 285 g/mol. The smallest absolute Gasteiger partial charge is 0.0795 e. The molecule has 0 aliphatic rings. The molecular formula is C14H21BrO. The summed E-state index contributed by atoms with van der Waals surface area (Å²) in [5.41, 5.74) is 2.21. The molecule has 1 aromatic carbocycles. The highest BCUT2D eigenvalue weighted by Gasteiger charge is 2.15. The standard InChI is InChI=1S/C14H21BrO/c1-4-11(5-2)9-14(16)12-7-6-8-13(15)10(12)3/h6-8,11,14,16H,4-5,9H2,1-3H3. The molecule has 1 rings (SSSR count). The maximum absolute atomic E-state index is 10.2. The molecule has 0 saturated carbocycles. The molecule has 1 unspecified atom stereocenters. The minimum absolute atomic E-state index is 0.331. The minimum atomic E-state index is -0.331. The zero-order chi connectivity index (χ0) is 12.1. The van der Waals surface area contributed by atoms with Gasteiger partial charge in [0, 0.05) is 4.47 Å². The SMILES string of the molecule is CCC(CC)CC(O)c1cccc(Br)c1C. The van der Waals surface area contributed by atoms with Crippen LogP contribution in [0.25, 0.3) is 0 Å². The van der Waals surface area contributed by atoms with Crippen LogP contribution >= 0.6 is 15.9 Å². The Hall–Kier alpha value is -0.340. The molecule has 0 radical (unpaired) electrons. The van der Waals surface area contributed by atoms with E-state index in [9.17, 15) is 5.11 Å². The zero-order valence-electron chi connectivity index (χ0n) is 10.3. The predicted octanol–water partition coefficient (Wildman–Crippen LogP) is 4.62. The number of halogens is 1. The first kappa shape index (κ1) is 13.7. The second-order valence-corrected chi connectivity index (χ2v) is 5.24. The van der Waals surface area contributed by atoms with Crippen LogP contribution in [-0.2, 0) is 0 Å². The van der Waals surface area contributed by atoms with Crippen molar-refractivity contribution in [1.29, 1.82) is 0 Å². The summed E-state index contributed by atoms with van der Waals surface area (Å²) in [6.45, 7) is 6.43. The van der Waals surface area contributed by atoms with Gasteiger partial charge in [-0.25, -0.2) is 0 Å². The first-order valence-electron chi connectivity index (χ1n) is 6.03. The molecule has 0 amide bonds. The number of benzene rings is 1. The fourth-order valence-electron chi connectivity index (χ4n) is 2.05. The number of hydrogen-bond acceptors (Lipinski definition) is 1. The molecule has 1 aromatic rings. The van der Waals surface area contributed by atoms with Crippen molar-refractivity contribution in [1.82, 2.24) is 0 Å². The van der Waals surface area contributed by atoms with Crippen LogP contribution in [0.5, 0.6) is 0 Å². The number of hydrogen-bond donors (Lipinski definition) is 1. The van der Waals surface area contributed by atoms with Crippen molar-refractivity contribution in [3.63, 3.8) is 0 Å². The highest BCUT2D eigenvalue weighted by atomic mass is 79.9. The Kier molecular flexibility index (Phi) is 5.50. The lowest BCUT2D eigenvalue weighted by molar-refractivity contribution is 0.140. The van der Waals surface area contributed by atoms with Crippen LogP contribution < -0.4 is 0 Å². The Morgan fingerprint density at radius 1 is 1.25 bits per heavy atom. The van der Waals surface area contributed by atoms with Gasteiger partial charge in [-0.1, -0.05) is 54.8 Å². The lowest BCUT2D eigenvalue weighted by Gasteiger charge is -2.19. The quantitative estimate of drug-likeness (QED) is 0.837. The summed E-state index contributed by atoms with van der Waals surface area (Å²) in [7, 11) is 0. The van der Waals surface area contributed by atoms with Crippen LogP contribution in [0, 0.1) is 12.8 Å². The van der Waals surface area contributed by atoms with Crippen molar-refractivity contribution >= 4 is 15.9 Å². The molecule has 0 spiro atoms. The second-order valence-electron chi connectivity index (χ2n) is 4.39. The molecule has 1 N–H and O–H groups in total. The van der Waals surface area contributed by atoms with Gasteiger partial charge in [-0.15, -0.1) is 0 Å². The maximum Gasteiger partial charge on any atom is 0.0795 e. The predicted molar refractivity (Wildman–Crippen MR) is 72.5 cm³/mol. The number of rotatable bonds is 5. The Balaban J connectivity index is 2.80. The molecular weight excluding hydrogens is 264 g/mol. The lowest BCUT2D eigenvalue weighted by atomic mass is 9.91. The Morgan fingerprint density at radius 3 is 2.44 bits per heavy atom. The number of aliphatic hydroxyl groups is 1. The molecule has 0 aromatic heterocycles. The van der Waals surface area contributed by atoms with Crippen LogP contribution in [0.1, 0.15) is 50.3 Å². The monoisotopic (exact) mass is 284 g/mol. The molecule has 0 aliphatic carbocycles. The Labute approximate surface area is 107 Å². The summed E-state index contributed by atoms with van der Waals surface area (Å²) in [5, 5.41) is 10.2. The summed E-state index contributed by atoms with van der Waals surface area (Å²) in [5.74, 6) is 0.619. The molecule has 90 valence electrons. The van der Waals surface area contributed by atoms with Crippen LogP contribution in [-0.4, -0.2) is 5.11 Å². The van der Waals surface area contributed by atoms with Crippen LogP contribution in [0.15, 0.2) is 22.7 Å². The molecule has 0 saturated heterocycles. The van der Waals surface area contributed by atoms with E-state index in [-0.39, 0.29) is 6.10 Å². The normalized spacial score (nSPS) is 13.1. The zero-order valence-corrected chi connectivity index (χ0v) is 11.9. The van der Waals surface area contributed by atoms with Crippen molar-refractivity contribution in [2.75, 3.05) is 0 Å². The van der Waals surface area contributed by atoms with E-state index in [1.807, 2.05) is 18.2 Å². The molecule has 2 heteroatoms. The van der Waals surface area contributed by atoms with Crippen molar-refractivity contribution in [2.45, 2.75) is 46.1 Å². The van der Waals surface area contributed by atoms with E-state index in [1.54, 1.807) is 0 Å². The van der Waals surface area contributed by atoms with Gasteiger partial charge in [0.2, 0.25) is 0 Å². The Morgan fingerprint density at radius 2 is 1.88 bits per heavy atom. The second kappa shape index (κ2) is 6.41. The molecule has 1 nitrogen and oxygen atoms in total. The van der Waals surface area contributed by atoms with E-state index < -0.39 is 0 Å². The minimum Gasteiger partial charge on any atom is -0.388 e. The fourth-order valence-corrected chi connectivity index (χ4v) is 2.43. The van der Waals surface area contributed by atoms with E-state index >= 15 is 0 Å². The third-order valence-electron chi connectivity index (χ3n) is 3.38. The van der Waals surface area contributed by atoms with E-state index in [4.69, 9.17) is 0 Å². The summed E-state index contributed by atoms with van der Waals surface area (Å²) in [6, 6.07) is 6.03. The van der Waals surface area contributed by atoms with Crippen LogP contribution in [0.2, 0.25) is 0 Å². The van der Waals surface area contributed by atoms with Crippen molar-refractivity contribution in [3.05, 3.63) is 33.8 Å². The average Bonchev–Trinajstić information content (AvgIpc) is 2.29. The lowest BCUT2D eigenvalue weighted by Crippen LogP contribution is -2.07. The third-order valence-corrected chi connectivity index (χ3v) is 4.24. The molecule has 0 aliphatic heterocycles. The van der Waals surface area contributed by atoms with Crippen LogP contribution in [0.4, 0.5) is 0 Å². The van der Waals surface area contributed by atoms with Gasteiger partial charge in [-0.2, -0.15) is 0 Å². The third kappa shape index (κ3) is 3.33. The first-order valence-corrected chi connectivity index (χ1v) is 6.82. The van der Waals surface area contributed by atoms with E-state index in [2.05, 4.69) is 36.7 Å². The van der Waals surface area contributed by atoms with Gasteiger partial charge in [0.15, 0.2) is 0 Å². The molecule has 1 atom stereocenters. The van der Waals surface area contributed by atoms with Crippen molar-refractivity contribution < 1.29 is 5.11 Å². The van der Waals surface area contributed by atoms with E-state index in [1.165, 1.54) is 0 Å². The summed E-state index contributed by atoms with van der Waals surface area (Å²) in [4.78, 5) is 0. The fraction of sp³-hybridized carbons (Fsp3) is 0.571. The van der Waals surface area contributed by atoms with Gasteiger partial charge >= 0.3 is 0 Å². The first-order chi connectivity index (χ1) is 7.60. The van der Waals surface area contributed by atoms with Crippen molar-refractivity contribution in [3.8, 4) is 0 Å². The van der Waals surface area contributed by atoms with Gasteiger partial charge in [-0.3, -0.25) is 0 Å². The topological polar surface area (TPSA) is 20.2 Å². The molecule has 0 fully saturated rings. The highest BCUT2D eigenvalue weighted by molar-refractivity contribution is 9.10. The maximum atomic E-state index is 10.2. The van der Waals surface area contributed by atoms with Gasteiger partial charge < -0.3 is 5.11 Å². The molecule has 0 heterocycles. The molecule has 0 bridgehead atoms. The summed E-state index contributed by atoms with van der Waals surface area (Å²) >= 11 is 3.50. The Bertz CT molecular complexity index is 332. The largest absolute Gasteiger partial charge is 0.388 e. The van der Waals surface area contributed by atoms with Crippen molar-refractivity contribution in [2.24, 2.45) is 5.92 Å². The number of aliphatic hydroxyl groups excluding tert-OH is 1. The highest BCUT2D eigenvalue weighted by Crippen LogP contribution is 2.30. The van der Waals surface area contributed by atoms with E-state index in [0.717, 1.165) is 34.9 Å². The van der Waals surface area contributed by atoms with E-state index in [0.29, 0.717) is 5.92 Å². The van der Waals surface area contributed by atoms with Gasteiger partial charge in [0.05, 0.1) is 6.10 Å². The van der Waals surface area contributed by atoms with Crippen LogP contribution in [0.3, 0.4) is 0 Å². The summed E-state index contributed by atoms with van der Waals surface area (Å²) in [6.07, 6.45) is 2.81. The molecule has 16 heavy (non-hydrogen) atoms. The summed E-state index contributed by atoms with van der Waals surface area (Å²) < 4.78 is 1.08.